The van der Waals surface area contributed by atoms with Crippen molar-refractivity contribution in [2.24, 2.45) is 5.73 Å². The number of hydrogen-bond acceptors (Lipinski definition) is 2. The molecule has 0 aliphatic carbocycles. The fraction of sp³-hybridized carbons (Fsp3) is 0.357. The van der Waals surface area contributed by atoms with Gasteiger partial charge >= 0.3 is 6.03 Å². The SMILES string of the molecule is CCN(CC)C(=O)Nc1ccc(Cl)c(C#CCN)c1. The van der Waals surface area contributed by atoms with Gasteiger partial charge in [0.05, 0.1) is 11.6 Å². The molecule has 0 saturated heterocycles. The van der Waals surface area contributed by atoms with Gasteiger partial charge in [-0.05, 0) is 32.0 Å². The molecule has 0 fully saturated rings. The van der Waals surface area contributed by atoms with Crippen LogP contribution in [0.3, 0.4) is 0 Å². The van der Waals surface area contributed by atoms with Gasteiger partial charge in [0.2, 0.25) is 0 Å². The highest BCUT2D eigenvalue weighted by atomic mass is 35.5. The van der Waals surface area contributed by atoms with E-state index < -0.39 is 0 Å². The van der Waals surface area contributed by atoms with Crippen LogP contribution in [0.1, 0.15) is 19.4 Å². The minimum absolute atomic E-state index is 0.134. The molecular weight excluding hydrogens is 262 g/mol. The fourth-order valence-corrected chi connectivity index (χ4v) is 1.72. The Hall–Kier alpha value is -1.70. The van der Waals surface area contributed by atoms with Crippen molar-refractivity contribution in [2.75, 3.05) is 25.0 Å². The Balaban J connectivity index is 2.88. The maximum atomic E-state index is 11.9. The van der Waals surface area contributed by atoms with Crippen LogP contribution >= 0.6 is 11.6 Å². The van der Waals surface area contributed by atoms with E-state index in [1.54, 1.807) is 23.1 Å². The van der Waals surface area contributed by atoms with Crippen molar-refractivity contribution in [3.05, 3.63) is 28.8 Å². The standard InChI is InChI=1S/C14H18ClN3O/c1-3-18(4-2)14(19)17-12-7-8-13(15)11(10-12)6-5-9-16/h7-8,10H,3-4,9,16H2,1-2H3,(H,17,19). The lowest BCUT2D eigenvalue weighted by molar-refractivity contribution is 0.217. The predicted molar refractivity (Wildman–Crippen MR) is 79.3 cm³/mol. The van der Waals surface area contributed by atoms with Gasteiger partial charge in [0.15, 0.2) is 0 Å². The second-order valence-corrected chi connectivity index (χ2v) is 4.21. The van der Waals surface area contributed by atoms with E-state index in [9.17, 15) is 4.79 Å². The van der Waals surface area contributed by atoms with Crippen LogP contribution in [0.5, 0.6) is 0 Å². The second kappa shape index (κ2) is 7.67. The third-order valence-electron chi connectivity index (χ3n) is 2.59. The van der Waals surface area contributed by atoms with E-state index in [1.807, 2.05) is 13.8 Å². The summed E-state index contributed by atoms with van der Waals surface area (Å²) in [6.07, 6.45) is 0. The molecule has 102 valence electrons. The van der Waals surface area contributed by atoms with E-state index in [4.69, 9.17) is 17.3 Å². The Morgan fingerprint density at radius 3 is 2.68 bits per heavy atom. The molecule has 1 rings (SSSR count). The van der Waals surface area contributed by atoms with Gasteiger partial charge < -0.3 is 16.0 Å². The Morgan fingerprint density at radius 1 is 1.42 bits per heavy atom. The van der Waals surface area contributed by atoms with Crippen LogP contribution in [0.15, 0.2) is 18.2 Å². The Morgan fingerprint density at radius 2 is 2.11 bits per heavy atom. The largest absolute Gasteiger partial charge is 0.325 e. The number of rotatable bonds is 3. The monoisotopic (exact) mass is 279 g/mol. The molecular formula is C14H18ClN3O. The van der Waals surface area contributed by atoms with Gasteiger partial charge in [-0.2, -0.15) is 0 Å². The zero-order valence-electron chi connectivity index (χ0n) is 11.2. The van der Waals surface area contributed by atoms with E-state index in [1.165, 1.54) is 0 Å². The molecule has 0 bridgehead atoms. The number of halogens is 1. The van der Waals surface area contributed by atoms with Crippen LogP contribution in [0.2, 0.25) is 5.02 Å². The number of carbonyl (C=O) groups is 1. The van der Waals surface area contributed by atoms with E-state index in [0.29, 0.717) is 29.4 Å². The van der Waals surface area contributed by atoms with Gasteiger partial charge in [-0.1, -0.05) is 23.4 Å². The molecule has 3 N–H and O–H groups in total. The van der Waals surface area contributed by atoms with Gasteiger partial charge in [-0.25, -0.2) is 4.79 Å². The molecule has 0 saturated carbocycles. The smallest absolute Gasteiger partial charge is 0.321 e. The summed E-state index contributed by atoms with van der Waals surface area (Å²) >= 11 is 6.02. The number of nitrogens with one attached hydrogen (secondary N) is 1. The third-order valence-corrected chi connectivity index (χ3v) is 2.92. The first-order valence-electron chi connectivity index (χ1n) is 6.16. The van der Waals surface area contributed by atoms with Crippen molar-refractivity contribution in [1.82, 2.24) is 4.90 Å². The van der Waals surface area contributed by atoms with Gasteiger partial charge in [-0.15, -0.1) is 0 Å². The topological polar surface area (TPSA) is 58.4 Å². The number of nitrogens with zero attached hydrogens (tertiary/aromatic N) is 1. The van der Waals surface area contributed by atoms with E-state index >= 15 is 0 Å². The molecule has 0 unspecified atom stereocenters. The van der Waals surface area contributed by atoms with Crippen LogP contribution in [0, 0.1) is 11.8 Å². The molecule has 5 heteroatoms. The Bertz CT molecular complexity index is 501. The minimum Gasteiger partial charge on any atom is -0.325 e. The van der Waals surface area contributed by atoms with Gasteiger partial charge in [0.25, 0.3) is 0 Å². The number of urea groups is 1. The molecule has 4 nitrogen and oxygen atoms in total. The first kappa shape index (κ1) is 15.4. The average molecular weight is 280 g/mol. The van der Waals surface area contributed by atoms with Crippen LogP contribution in [0.4, 0.5) is 10.5 Å². The molecule has 1 aromatic carbocycles. The lowest BCUT2D eigenvalue weighted by atomic mass is 10.2. The summed E-state index contributed by atoms with van der Waals surface area (Å²) in [6, 6.07) is 5.06. The van der Waals surface area contributed by atoms with Gasteiger partial charge in [0.1, 0.15) is 0 Å². The zero-order valence-corrected chi connectivity index (χ0v) is 11.9. The molecule has 2 amide bonds. The molecule has 19 heavy (non-hydrogen) atoms. The van der Waals surface area contributed by atoms with E-state index in [2.05, 4.69) is 17.2 Å². The normalized spacial score (nSPS) is 9.47. The Kier molecular flexibility index (Phi) is 6.20. The maximum Gasteiger partial charge on any atom is 0.321 e. The van der Waals surface area contributed by atoms with Crippen molar-refractivity contribution in [3.63, 3.8) is 0 Å². The summed E-state index contributed by atoms with van der Waals surface area (Å²) in [5.41, 5.74) is 6.65. The molecule has 1 aromatic rings. The van der Waals surface area contributed by atoms with Crippen molar-refractivity contribution in [1.29, 1.82) is 0 Å². The second-order valence-electron chi connectivity index (χ2n) is 3.80. The molecule has 0 radical (unpaired) electrons. The molecule has 0 heterocycles. The number of anilines is 1. The molecule has 0 aromatic heterocycles. The van der Waals surface area contributed by atoms with Gasteiger partial charge in [-0.3, -0.25) is 0 Å². The first-order chi connectivity index (χ1) is 9.12. The summed E-state index contributed by atoms with van der Waals surface area (Å²) in [5, 5.41) is 3.36. The Labute approximate surface area is 118 Å². The van der Waals surface area contributed by atoms with Gasteiger partial charge in [0, 0.05) is 24.3 Å². The highest BCUT2D eigenvalue weighted by Crippen LogP contribution is 2.20. The van der Waals surface area contributed by atoms with Crippen LogP contribution in [-0.2, 0) is 0 Å². The van der Waals surface area contributed by atoms with Crippen LogP contribution in [-0.4, -0.2) is 30.6 Å². The lowest BCUT2D eigenvalue weighted by Crippen LogP contribution is -2.34. The van der Waals surface area contributed by atoms with Crippen molar-refractivity contribution in [3.8, 4) is 11.8 Å². The van der Waals surface area contributed by atoms with Crippen LogP contribution in [0.25, 0.3) is 0 Å². The number of benzene rings is 1. The summed E-state index contributed by atoms with van der Waals surface area (Å²) in [5.74, 6) is 5.61. The summed E-state index contributed by atoms with van der Waals surface area (Å²) in [4.78, 5) is 13.6. The van der Waals surface area contributed by atoms with E-state index in [0.717, 1.165) is 0 Å². The van der Waals surface area contributed by atoms with Crippen LogP contribution < -0.4 is 11.1 Å². The number of carbonyl (C=O) groups excluding carboxylic acids is 1. The first-order valence-corrected chi connectivity index (χ1v) is 6.54. The number of hydrogen-bond donors (Lipinski definition) is 2. The van der Waals surface area contributed by atoms with Crippen molar-refractivity contribution < 1.29 is 4.79 Å². The molecule has 0 aliphatic heterocycles. The number of nitrogens with two attached hydrogens (primary N) is 1. The molecule has 0 aliphatic rings. The average Bonchev–Trinajstić information content (AvgIpc) is 2.40. The fourth-order valence-electron chi connectivity index (χ4n) is 1.56. The quantitative estimate of drug-likeness (QED) is 0.836. The number of amides is 2. The van der Waals surface area contributed by atoms with E-state index in [-0.39, 0.29) is 12.6 Å². The summed E-state index contributed by atoms with van der Waals surface area (Å²) in [6.45, 7) is 5.46. The minimum atomic E-state index is -0.134. The maximum absolute atomic E-state index is 11.9. The lowest BCUT2D eigenvalue weighted by Gasteiger charge is -2.19. The molecule has 0 atom stereocenters. The summed E-state index contributed by atoms with van der Waals surface area (Å²) in [7, 11) is 0. The highest BCUT2D eigenvalue weighted by molar-refractivity contribution is 6.31. The molecule has 0 spiro atoms. The summed E-state index contributed by atoms with van der Waals surface area (Å²) < 4.78 is 0. The third kappa shape index (κ3) is 4.47. The highest BCUT2D eigenvalue weighted by Gasteiger charge is 2.09. The van der Waals surface area contributed by atoms with Crippen molar-refractivity contribution >= 4 is 23.3 Å². The predicted octanol–water partition coefficient (Wildman–Crippen LogP) is 2.52. The van der Waals surface area contributed by atoms with Crippen molar-refractivity contribution in [2.45, 2.75) is 13.8 Å². The zero-order chi connectivity index (χ0) is 14.3.